The molecule has 0 aliphatic rings. The minimum atomic E-state index is -3.11. The van der Waals surface area contributed by atoms with Gasteiger partial charge in [-0.25, -0.2) is 13.1 Å². The Labute approximate surface area is 116 Å². The summed E-state index contributed by atoms with van der Waals surface area (Å²) >= 11 is 0. The fraction of sp³-hybridized carbons (Fsp3) is 0.900. The van der Waals surface area contributed by atoms with Crippen molar-refractivity contribution in [3.63, 3.8) is 0 Å². The highest BCUT2D eigenvalue weighted by Gasteiger charge is 2.04. The smallest absolute Gasteiger partial charge is 0.220 e. The fourth-order valence-corrected chi connectivity index (χ4v) is 1.82. The number of carbonyl (C=O) groups is 1. The molecule has 0 aromatic rings. The molecule has 110 valence electrons. The first kappa shape index (κ1) is 20.0. The summed E-state index contributed by atoms with van der Waals surface area (Å²) in [6.45, 7) is 3.28. The third-order valence-corrected chi connectivity index (χ3v) is 3.61. The second-order valence-corrected chi connectivity index (χ2v) is 5.80. The van der Waals surface area contributed by atoms with Gasteiger partial charge in [-0.3, -0.25) is 4.79 Å². The first-order chi connectivity index (χ1) is 8.02. The maximum Gasteiger partial charge on any atom is 0.220 e. The average molecular weight is 302 g/mol. The van der Waals surface area contributed by atoms with Crippen molar-refractivity contribution in [2.24, 2.45) is 0 Å². The molecule has 6 nitrogen and oxygen atoms in total. The van der Waals surface area contributed by atoms with E-state index in [1.165, 1.54) is 0 Å². The largest absolute Gasteiger partial charge is 0.356 e. The number of halogens is 1. The molecule has 0 rings (SSSR count). The first-order valence-corrected chi connectivity index (χ1v) is 7.55. The van der Waals surface area contributed by atoms with E-state index in [-0.39, 0.29) is 24.1 Å². The Balaban J connectivity index is 0. The minimum Gasteiger partial charge on any atom is -0.356 e. The Morgan fingerprint density at radius 1 is 1.11 bits per heavy atom. The van der Waals surface area contributed by atoms with Crippen molar-refractivity contribution in [3.8, 4) is 0 Å². The van der Waals surface area contributed by atoms with Crippen molar-refractivity contribution in [2.45, 2.75) is 26.2 Å². The summed E-state index contributed by atoms with van der Waals surface area (Å²) in [5.74, 6) is 0.0993. The van der Waals surface area contributed by atoms with Crippen LogP contribution in [-0.2, 0) is 14.8 Å². The van der Waals surface area contributed by atoms with Gasteiger partial charge in [-0.2, -0.15) is 0 Å². The van der Waals surface area contributed by atoms with Gasteiger partial charge in [0.1, 0.15) is 0 Å². The van der Waals surface area contributed by atoms with E-state index in [1.807, 2.05) is 7.05 Å². The zero-order chi connectivity index (χ0) is 13.1. The average Bonchev–Trinajstić information content (AvgIpc) is 2.29. The van der Waals surface area contributed by atoms with E-state index in [2.05, 4.69) is 15.4 Å². The molecule has 0 radical (unpaired) electrons. The Kier molecular flexibility index (Phi) is 13.0. The second kappa shape index (κ2) is 11.7. The van der Waals surface area contributed by atoms with Gasteiger partial charge < -0.3 is 10.6 Å². The highest BCUT2D eigenvalue weighted by molar-refractivity contribution is 7.89. The maximum atomic E-state index is 11.3. The predicted octanol–water partition coefficient (Wildman–Crippen LogP) is -0.147. The second-order valence-electron chi connectivity index (χ2n) is 3.71. The van der Waals surface area contributed by atoms with E-state index in [0.29, 0.717) is 25.9 Å². The van der Waals surface area contributed by atoms with Crippen LogP contribution >= 0.6 is 12.4 Å². The number of rotatable bonds is 10. The van der Waals surface area contributed by atoms with E-state index in [0.717, 1.165) is 13.0 Å². The van der Waals surface area contributed by atoms with Gasteiger partial charge >= 0.3 is 0 Å². The van der Waals surface area contributed by atoms with Gasteiger partial charge in [-0.15, -0.1) is 12.4 Å². The van der Waals surface area contributed by atoms with Gasteiger partial charge in [-0.1, -0.05) is 0 Å². The van der Waals surface area contributed by atoms with Gasteiger partial charge in [0.15, 0.2) is 0 Å². The molecule has 3 N–H and O–H groups in total. The summed E-state index contributed by atoms with van der Waals surface area (Å²) in [6, 6.07) is 0. The molecule has 0 aliphatic carbocycles. The minimum absolute atomic E-state index is 0. The van der Waals surface area contributed by atoms with Crippen LogP contribution in [0.25, 0.3) is 0 Å². The SMILES string of the molecule is CCS(=O)(=O)NCCCNC(=O)CCCNC.Cl. The van der Waals surface area contributed by atoms with Crippen molar-refractivity contribution >= 4 is 28.3 Å². The molecule has 0 spiro atoms. The van der Waals surface area contributed by atoms with Crippen molar-refractivity contribution in [3.05, 3.63) is 0 Å². The summed E-state index contributed by atoms with van der Waals surface area (Å²) in [6.07, 6.45) is 1.92. The van der Waals surface area contributed by atoms with Crippen LogP contribution in [0.15, 0.2) is 0 Å². The number of hydrogen-bond donors (Lipinski definition) is 3. The topological polar surface area (TPSA) is 87.3 Å². The molecule has 1 amide bonds. The molecule has 0 heterocycles. The van der Waals surface area contributed by atoms with Crippen LogP contribution in [0.5, 0.6) is 0 Å². The molecule has 0 unspecified atom stereocenters. The molecule has 0 bridgehead atoms. The van der Waals surface area contributed by atoms with Crippen LogP contribution in [-0.4, -0.2) is 46.8 Å². The number of sulfonamides is 1. The van der Waals surface area contributed by atoms with E-state index >= 15 is 0 Å². The lowest BCUT2D eigenvalue weighted by Gasteiger charge is -2.06. The molecule has 0 saturated carbocycles. The summed E-state index contributed by atoms with van der Waals surface area (Å²) in [5, 5.41) is 5.71. The highest BCUT2D eigenvalue weighted by atomic mass is 35.5. The van der Waals surface area contributed by atoms with Crippen LogP contribution in [0.3, 0.4) is 0 Å². The Morgan fingerprint density at radius 2 is 1.78 bits per heavy atom. The fourth-order valence-electron chi connectivity index (χ4n) is 1.16. The van der Waals surface area contributed by atoms with Crippen molar-refractivity contribution < 1.29 is 13.2 Å². The zero-order valence-electron chi connectivity index (χ0n) is 11.0. The summed E-state index contributed by atoms with van der Waals surface area (Å²) < 4.78 is 24.6. The quantitative estimate of drug-likeness (QED) is 0.490. The summed E-state index contributed by atoms with van der Waals surface area (Å²) in [7, 11) is -1.26. The van der Waals surface area contributed by atoms with E-state index < -0.39 is 10.0 Å². The lowest BCUT2D eigenvalue weighted by molar-refractivity contribution is -0.121. The lowest BCUT2D eigenvalue weighted by atomic mass is 10.3. The van der Waals surface area contributed by atoms with Crippen LogP contribution < -0.4 is 15.4 Å². The monoisotopic (exact) mass is 301 g/mol. The molecule has 0 aromatic carbocycles. The Morgan fingerprint density at radius 3 is 2.33 bits per heavy atom. The number of amides is 1. The molecule has 0 aromatic heterocycles. The van der Waals surface area contributed by atoms with E-state index in [9.17, 15) is 13.2 Å². The van der Waals surface area contributed by atoms with E-state index in [1.54, 1.807) is 6.92 Å². The van der Waals surface area contributed by atoms with Crippen LogP contribution in [0.2, 0.25) is 0 Å². The molecule has 0 fully saturated rings. The van der Waals surface area contributed by atoms with Crippen LogP contribution in [0, 0.1) is 0 Å². The van der Waals surface area contributed by atoms with Crippen molar-refractivity contribution in [1.29, 1.82) is 0 Å². The number of hydrogen-bond acceptors (Lipinski definition) is 4. The van der Waals surface area contributed by atoms with Gasteiger partial charge in [-0.05, 0) is 33.4 Å². The maximum absolute atomic E-state index is 11.3. The highest BCUT2D eigenvalue weighted by Crippen LogP contribution is 1.87. The number of carbonyl (C=O) groups excluding carboxylic acids is 1. The molecular weight excluding hydrogens is 278 g/mol. The number of nitrogens with one attached hydrogen (secondary N) is 3. The van der Waals surface area contributed by atoms with Crippen molar-refractivity contribution in [1.82, 2.24) is 15.4 Å². The van der Waals surface area contributed by atoms with Crippen molar-refractivity contribution in [2.75, 3.05) is 32.4 Å². The van der Waals surface area contributed by atoms with Gasteiger partial charge in [0.05, 0.1) is 5.75 Å². The summed E-state index contributed by atoms with van der Waals surface area (Å²) in [4.78, 5) is 11.3. The lowest BCUT2D eigenvalue weighted by Crippen LogP contribution is -2.30. The first-order valence-electron chi connectivity index (χ1n) is 5.90. The zero-order valence-corrected chi connectivity index (χ0v) is 12.6. The molecule has 0 atom stereocenters. The van der Waals surface area contributed by atoms with Gasteiger partial charge in [0.2, 0.25) is 15.9 Å². The van der Waals surface area contributed by atoms with Crippen LogP contribution in [0.1, 0.15) is 26.2 Å². The molecular formula is C10H24ClN3O3S. The molecule has 8 heteroatoms. The molecule has 18 heavy (non-hydrogen) atoms. The summed E-state index contributed by atoms with van der Waals surface area (Å²) in [5.41, 5.74) is 0. The Hall–Kier alpha value is -0.370. The third kappa shape index (κ3) is 12.1. The van der Waals surface area contributed by atoms with E-state index in [4.69, 9.17) is 0 Å². The van der Waals surface area contributed by atoms with Crippen LogP contribution in [0.4, 0.5) is 0 Å². The normalized spacial score (nSPS) is 10.8. The third-order valence-electron chi connectivity index (χ3n) is 2.21. The van der Waals surface area contributed by atoms with Gasteiger partial charge in [0.25, 0.3) is 0 Å². The predicted molar refractivity (Wildman–Crippen MR) is 75.5 cm³/mol. The van der Waals surface area contributed by atoms with Gasteiger partial charge in [0, 0.05) is 19.5 Å². The standard InChI is InChI=1S/C10H23N3O3S.ClH/c1-3-17(15,16)13-9-5-8-12-10(14)6-4-7-11-2;/h11,13H,3-9H2,1-2H3,(H,12,14);1H. The Bertz CT molecular complexity index is 309. The molecule has 0 aliphatic heterocycles. The molecule has 0 saturated heterocycles.